The van der Waals surface area contributed by atoms with Gasteiger partial charge >= 0.3 is 58.2 Å². The van der Waals surface area contributed by atoms with Crippen LogP contribution in [0.4, 0.5) is 5.69 Å². The predicted octanol–water partition coefficient (Wildman–Crippen LogP) is -1.76. The Morgan fingerprint density at radius 2 is 2.15 bits per heavy atom. The molecular formula is C7H7N2O2RbS. The van der Waals surface area contributed by atoms with Gasteiger partial charge in [0, 0.05) is 12.4 Å². The fourth-order valence-corrected chi connectivity index (χ4v) is 2.43. The van der Waals surface area contributed by atoms with Gasteiger partial charge in [0.25, 0.3) is 0 Å². The molecule has 0 saturated heterocycles. The van der Waals surface area contributed by atoms with Crippen molar-refractivity contribution in [1.82, 2.24) is 4.98 Å². The van der Waals surface area contributed by atoms with Gasteiger partial charge in [0.05, 0.1) is 15.8 Å². The quantitative estimate of drug-likeness (QED) is 0.560. The molecule has 1 aromatic heterocycles. The molecule has 13 heavy (non-hydrogen) atoms. The first-order valence-corrected chi connectivity index (χ1v) is 5.08. The van der Waals surface area contributed by atoms with Gasteiger partial charge in [0.2, 0.25) is 0 Å². The Balaban J connectivity index is 0.000000845. The summed E-state index contributed by atoms with van der Waals surface area (Å²) in [6.45, 7) is 1.80. The number of aromatic nitrogens is 1. The van der Waals surface area contributed by atoms with E-state index in [2.05, 4.69) is 9.71 Å². The van der Waals surface area contributed by atoms with Gasteiger partial charge in [-0.2, -0.15) is 0 Å². The van der Waals surface area contributed by atoms with Gasteiger partial charge in [-0.1, -0.05) is 0 Å². The molecule has 1 aromatic rings. The van der Waals surface area contributed by atoms with Crippen LogP contribution in [0.15, 0.2) is 12.4 Å². The minimum atomic E-state index is -3.24. The summed E-state index contributed by atoms with van der Waals surface area (Å²) >= 11 is 0. The van der Waals surface area contributed by atoms with Crippen molar-refractivity contribution in [3.05, 3.63) is 28.2 Å². The van der Waals surface area contributed by atoms with Gasteiger partial charge in [-0.3, -0.25) is 4.98 Å². The van der Waals surface area contributed by atoms with Crippen LogP contribution < -0.4 is 58.2 Å². The number of aryl methyl sites for hydroxylation is 1. The summed E-state index contributed by atoms with van der Waals surface area (Å²) in [5, 5.41) is 0. The van der Waals surface area contributed by atoms with Crippen molar-refractivity contribution in [2.24, 2.45) is 0 Å². The van der Waals surface area contributed by atoms with E-state index in [-0.39, 0.29) is 63.9 Å². The van der Waals surface area contributed by atoms with E-state index in [0.717, 1.165) is 5.56 Å². The van der Waals surface area contributed by atoms with Crippen molar-refractivity contribution in [2.75, 3.05) is 0 Å². The molecule has 0 unspecified atom stereocenters. The first-order valence-electron chi connectivity index (χ1n) is 3.48. The van der Waals surface area contributed by atoms with Crippen LogP contribution in [-0.4, -0.2) is 13.4 Å². The average Bonchev–Trinajstić information content (AvgIpc) is 2.25. The van der Waals surface area contributed by atoms with Crippen molar-refractivity contribution in [3.8, 4) is 0 Å². The second kappa shape index (κ2) is 4.06. The summed E-state index contributed by atoms with van der Waals surface area (Å²) < 4.78 is 25.7. The minimum absolute atomic E-state index is 0. The molecule has 1 aliphatic rings. The Bertz CT molecular complexity index is 430. The molecule has 0 N–H and O–H groups in total. The monoisotopic (exact) mass is 268 g/mol. The van der Waals surface area contributed by atoms with Gasteiger partial charge in [-0.25, -0.2) is 8.42 Å². The zero-order valence-corrected chi connectivity index (χ0v) is 13.2. The topological polar surface area (TPSA) is 61.1 Å². The van der Waals surface area contributed by atoms with Crippen LogP contribution in [-0.2, 0) is 15.8 Å². The summed E-state index contributed by atoms with van der Waals surface area (Å²) in [4.78, 5) is 3.90. The first-order chi connectivity index (χ1) is 5.58. The van der Waals surface area contributed by atoms with Crippen molar-refractivity contribution in [1.29, 1.82) is 0 Å². The molecule has 0 aliphatic carbocycles. The molecule has 0 atom stereocenters. The number of hydrogen-bond donors (Lipinski definition) is 0. The van der Waals surface area contributed by atoms with E-state index >= 15 is 0 Å². The molecule has 0 bridgehead atoms. The Labute approximate surface area is 126 Å². The third kappa shape index (κ3) is 2.39. The number of fused-ring (bicyclic) bond motifs is 1. The number of pyridine rings is 1. The Hall–Kier alpha value is 0.705. The van der Waals surface area contributed by atoms with E-state index in [1.54, 1.807) is 19.3 Å². The maximum absolute atomic E-state index is 11.0. The van der Waals surface area contributed by atoms with Crippen LogP contribution in [0, 0.1) is 6.92 Å². The van der Waals surface area contributed by atoms with Gasteiger partial charge in [-0.05, 0) is 18.1 Å². The Morgan fingerprint density at radius 1 is 1.46 bits per heavy atom. The molecule has 64 valence electrons. The van der Waals surface area contributed by atoms with Crippen molar-refractivity contribution < 1.29 is 66.6 Å². The molecular weight excluding hydrogens is 262 g/mol. The Kier molecular flexibility index (Phi) is 3.68. The minimum Gasteiger partial charge on any atom is -0.576 e. The normalized spacial score (nSPS) is 17.0. The van der Waals surface area contributed by atoms with Crippen LogP contribution in [0.3, 0.4) is 0 Å². The predicted molar refractivity (Wildman–Crippen MR) is 44.6 cm³/mol. The maximum atomic E-state index is 11.0. The van der Waals surface area contributed by atoms with Gasteiger partial charge < -0.3 is 4.72 Å². The Morgan fingerprint density at radius 3 is 2.77 bits per heavy atom. The van der Waals surface area contributed by atoms with Crippen LogP contribution in [0.2, 0.25) is 0 Å². The third-order valence-corrected chi connectivity index (χ3v) is 2.88. The van der Waals surface area contributed by atoms with E-state index in [1.165, 1.54) is 0 Å². The molecule has 1 aliphatic heterocycles. The van der Waals surface area contributed by atoms with Gasteiger partial charge in [-0.15, -0.1) is 5.69 Å². The van der Waals surface area contributed by atoms with Crippen molar-refractivity contribution >= 4 is 15.7 Å². The average molecular weight is 269 g/mol. The van der Waals surface area contributed by atoms with Gasteiger partial charge in [0.15, 0.2) is 0 Å². The molecule has 2 heterocycles. The summed E-state index contributed by atoms with van der Waals surface area (Å²) in [5.74, 6) is -0.00296. The molecule has 0 amide bonds. The first kappa shape index (κ1) is 11.8. The summed E-state index contributed by atoms with van der Waals surface area (Å²) in [6, 6.07) is 0. The fourth-order valence-electron chi connectivity index (χ4n) is 1.22. The fraction of sp³-hybridized carbons (Fsp3) is 0.286. The summed E-state index contributed by atoms with van der Waals surface area (Å²) in [7, 11) is -3.24. The molecule has 0 radical (unpaired) electrons. The zero-order valence-electron chi connectivity index (χ0n) is 7.48. The van der Waals surface area contributed by atoms with E-state index in [0.29, 0.717) is 11.3 Å². The standard InChI is InChI=1S/C7H7N2O2S.Rb/c1-5-2-8-3-6-4-12(10,11)9-7(5)6;/h2-3H,4H2,1H3;/q-1;+1. The number of sulfonamides is 1. The van der Waals surface area contributed by atoms with Crippen LogP contribution in [0.5, 0.6) is 0 Å². The third-order valence-electron chi connectivity index (χ3n) is 1.74. The van der Waals surface area contributed by atoms with Crippen molar-refractivity contribution in [3.63, 3.8) is 0 Å². The molecule has 0 aromatic carbocycles. The second-order valence-corrected chi connectivity index (χ2v) is 4.42. The molecule has 4 nitrogen and oxygen atoms in total. The second-order valence-electron chi connectivity index (χ2n) is 2.78. The van der Waals surface area contributed by atoms with E-state index in [9.17, 15) is 8.42 Å². The molecule has 0 saturated carbocycles. The molecule has 0 spiro atoms. The maximum Gasteiger partial charge on any atom is 1.00 e. The molecule has 2 rings (SSSR count). The smallest absolute Gasteiger partial charge is 0.576 e. The van der Waals surface area contributed by atoms with Crippen LogP contribution in [0.25, 0.3) is 4.72 Å². The number of hydrogen-bond acceptors (Lipinski definition) is 3. The van der Waals surface area contributed by atoms with Crippen LogP contribution >= 0.6 is 0 Å². The summed E-state index contributed by atoms with van der Waals surface area (Å²) in [6.07, 6.45) is 3.17. The van der Waals surface area contributed by atoms with Crippen molar-refractivity contribution in [2.45, 2.75) is 12.7 Å². The van der Waals surface area contributed by atoms with E-state index in [1.807, 2.05) is 0 Å². The van der Waals surface area contributed by atoms with Gasteiger partial charge in [0.1, 0.15) is 0 Å². The largest absolute Gasteiger partial charge is 1.00 e. The van der Waals surface area contributed by atoms with Crippen LogP contribution in [0.1, 0.15) is 11.1 Å². The zero-order chi connectivity index (χ0) is 8.77. The SMILES string of the molecule is Cc1cncc2c1[N-]S(=O)(=O)C2.[Rb+]. The van der Waals surface area contributed by atoms with E-state index in [4.69, 9.17) is 0 Å². The number of rotatable bonds is 0. The summed E-state index contributed by atoms with van der Waals surface area (Å²) in [5.41, 5.74) is 2.09. The number of nitrogens with zero attached hydrogens (tertiary/aromatic N) is 2. The molecule has 0 fully saturated rings. The molecule has 6 heteroatoms. The van der Waals surface area contributed by atoms with E-state index < -0.39 is 10.0 Å².